The molecule has 0 spiro atoms. The van der Waals surface area contributed by atoms with Gasteiger partial charge in [-0.2, -0.15) is 0 Å². The summed E-state index contributed by atoms with van der Waals surface area (Å²) in [5.74, 6) is -0.514. The summed E-state index contributed by atoms with van der Waals surface area (Å²) < 4.78 is 0. The van der Waals surface area contributed by atoms with Gasteiger partial charge in [-0.15, -0.1) is 6.58 Å². The average Bonchev–Trinajstić information content (AvgIpc) is 2.87. The summed E-state index contributed by atoms with van der Waals surface area (Å²) in [6.45, 7) is 6.09. The van der Waals surface area contributed by atoms with Crippen molar-refractivity contribution in [2.24, 2.45) is 0 Å². The maximum Gasteiger partial charge on any atom is 0.256 e. The molecule has 1 unspecified atom stereocenters. The molecule has 2 aromatic rings. The summed E-state index contributed by atoms with van der Waals surface area (Å²) in [7, 11) is 0. The third-order valence-electron chi connectivity index (χ3n) is 4.42. The van der Waals surface area contributed by atoms with Crippen LogP contribution >= 0.6 is 23.8 Å². The second kappa shape index (κ2) is 8.54. The number of nitrogens with one attached hydrogen (secondary N) is 1. The van der Waals surface area contributed by atoms with Gasteiger partial charge in [0.2, 0.25) is 5.91 Å². The highest BCUT2D eigenvalue weighted by atomic mass is 35.5. The Balaban J connectivity index is 1.80. The van der Waals surface area contributed by atoms with Gasteiger partial charge in [0.05, 0.1) is 12.1 Å². The van der Waals surface area contributed by atoms with Gasteiger partial charge in [-0.25, -0.2) is 0 Å². The molecule has 0 bridgehead atoms. The molecule has 0 aliphatic carbocycles. The summed E-state index contributed by atoms with van der Waals surface area (Å²) in [5, 5.41) is 3.67. The monoisotopic (exact) mass is 413 g/mol. The maximum atomic E-state index is 13.1. The zero-order chi connectivity index (χ0) is 20.3. The highest BCUT2D eigenvalue weighted by molar-refractivity contribution is 7.80. The van der Waals surface area contributed by atoms with E-state index in [1.54, 1.807) is 35.2 Å². The van der Waals surface area contributed by atoms with Crippen molar-refractivity contribution >= 4 is 52.1 Å². The largest absolute Gasteiger partial charge is 0.332 e. The lowest BCUT2D eigenvalue weighted by molar-refractivity contribution is -0.124. The summed E-state index contributed by atoms with van der Waals surface area (Å²) >= 11 is 11.5. The number of hydrogen-bond donors (Lipinski definition) is 1. The number of halogens is 1. The van der Waals surface area contributed by atoms with E-state index in [1.165, 1.54) is 4.90 Å². The number of thiocarbonyl (C=S) groups is 1. The van der Waals surface area contributed by atoms with Crippen LogP contribution in [-0.2, 0) is 9.59 Å². The van der Waals surface area contributed by atoms with Crippen LogP contribution in [0.15, 0.2) is 61.2 Å². The lowest BCUT2D eigenvalue weighted by atomic mass is 10.1. The number of rotatable bonds is 6. The van der Waals surface area contributed by atoms with Crippen molar-refractivity contribution in [3.05, 3.63) is 71.8 Å². The molecule has 2 aromatic carbocycles. The van der Waals surface area contributed by atoms with Gasteiger partial charge >= 0.3 is 0 Å². The Hall–Kier alpha value is -2.70. The summed E-state index contributed by atoms with van der Waals surface area (Å²) in [6.07, 6.45) is 1.64. The summed E-state index contributed by atoms with van der Waals surface area (Å²) in [4.78, 5) is 28.8. The zero-order valence-electron chi connectivity index (χ0n) is 15.4. The molecule has 0 aromatic heterocycles. The third-order valence-corrected chi connectivity index (χ3v) is 5.08. The van der Waals surface area contributed by atoms with E-state index in [2.05, 4.69) is 11.9 Å². The van der Waals surface area contributed by atoms with Gasteiger partial charge in [-0.05, 0) is 49.5 Å². The molecule has 1 aliphatic rings. The molecule has 1 fully saturated rings. The van der Waals surface area contributed by atoms with Gasteiger partial charge in [0.15, 0.2) is 5.11 Å². The molecule has 144 valence electrons. The van der Waals surface area contributed by atoms with E-state index in [0.717, 1.165) is 5.56 Å². The first-order chi connectivity index (χ1) is 13.4. The van der Waals surface area contributed by atoms with Crippen LogP contribution < -0.4 is 10.2 Å². The highest BCUT2D eigenvalue weighted by Gasteiger charge is 2.43. The molecule has 5 nitrogen and oxygen atoms in total. The minimum absolute atomic E-state index is 0.0261. The smallest absolute Gasteiger partial charge is 0.256 e. The zero-order valence-corrected chi connectivity index (χ0v) is 17.0. The number of aryl methyl sites for hydroxylation is 1. The van der Waals surface area contributed by atoms with Gasteiger partial charge in [0.25, 0.3) is 5.91 Å². The van der Waals surface area contributed by atoms with Crippen molar-refractivity contribution in [3.8, 4) is 0 Å². The first-order valence-corrected chi connectivity index (χ1v) is 9.57. The number of hydrogen-bond acceptors (Lipinski definition) is 3. The SMILES string of the molecule is C=CCN1C(=S)N(c2ccc(C)cc2)C(=O)C1CC(=O)Nc1cccc(Cl)c1. The van der Waals surface area contributed by atoms with Gasteiger partial charge in [-0.1, -0.05) is 41.4 Å². The molecule has 1 saturated heterocycles. The summed E-state index contributed by atoms with van der Waals surface area (Å²) in [5.41, 5.74) is 2.35. The number of anilines is 2. The molecule has 1 heterocycles. The van der Waals surface area contributed by atoms with E-state index in [1.807, 2.05) is 31.2 Å². The molecule has 0 radical (unpaired) electrons. The second-order valence-corrected chi connectivity index (χ2v) is 7.31. The predicted molar refractivity (Wildman–Crippen MR) is 117 cm³/mol. The van der Waals surface area contributed by atoms with Gasteiger partial charge in [0, 0.05) is 17.3 Å². The molecule has 7 heteroatoms. The van der Waals surface area contributed by atoms with Crippen LogP contribution in [0, 0.1) is 6.92 Å². The van der Waals surface area contributed by atoms with Crippen LogP contribution in [0.3, 0.4) is 0 Å². The Morgan fingerprint density at radius 1 is 1.29 bits per heavy atom. The fourth-order valence-corrected chi connectivity index (χ4v) is 3.65. The van der Waals surface area contributed by atoms with Crippen molar-refractivity contribution in [2.45, 2.75) is 19.4 Å². The minimum Gasteiger partial charge on any atom is -0.332 e. The number of benzene rings is 2. The number of nitrogens with zero attached hydrogens (tertiary/aromatic N) is 2. The molecular formula is C21H20ClN3O2S. The Bertz CT molecular complexity index is 930. The van der Waals surface area contributed by atoms with Crippen LogP contribution in [0.4, 0.5) is 11.4 Å². The van der Waals surface area contributed by atoms with E-state index < -0.39 is 6.04 Å². The third kappa shape index (κ3) is 4.24. The first-order valence-electron chi connectivity index (χ1n) is 8.78. The molecule has 3 rings (SSSR count). The lowest BCUT2D eigenvalue weighted by Gasteiger charge is -2.22. The van der Waals surface area contributed by atoms with E-state index in [4.69, 9.17) is 23.8 Å². The number of amides is 2. The minimum atomic E-state index is -0.689. The van der Waals surface area contributed by atoms with Crippen LogP contribution in [-0.4, -0.2) is 34.4 Å². The van der Waals surface area contributed by atoms with Gasteiger partial charge in [-0.3, -0.25) is 14.5 Å². The standard InChI is InChI=1S/C21H20ClN3O2S/c1-3-11-24-18(13-19(26)23-16-6-4-5-15(22)12-16)20(27)25(21(24)28)17-9-7-14(2)8-10-17/h3-10,12,18H,1,11,13H2,2H3,(H,23,26). The quantitative estimate of drug-likeness (QED) is 0.570. The molecule has 0 saturated carbocycles. The predicted octanol–water partition coefficient (Wildman–Crippen LogP) is 4.17. The fourth-order valence-electron chi connectivity index (χ4n) is 3.07. The Morgan fingerprint density at radius 3 is 2.64 bits per heavy atom. The Labute approximate surface area is 174 Å². The van der Waals surface area contributed by atoms with Crippen LogP contribution in [0.25, 0.3) is 0 Å². The lowest BCUT2D eigenvalue weighted by Crippen LogP contribution is -2.37. The Morgan fingerprint density at radius 2 is 2.00 bits per heavy atom. The molecular weight excluding hydrogens is 394 g/mol. The normalized spacial score (nSPS) is 16.4. The topological polar surface area (TPSA) is 52.7 Å². The number of carbonyl (C=O) groups excluding carboxylic acids is 2. The van der Waals surface area contributed by atoms with Crippen molar-refractivity contribution < 1.29 is 9.59 Å². The van der Waals surface area contributed by atoms with Crippen LogP contribution in [0.1, 0.15) is 12.0 Å². The van der Waals surface area contributed by atoms with E-state index in [0.29, 0.717) is 28.1 Å². The number of carbonyl (C=O) groups is 2. The van der Waals surface area contributed by atoms with Crippen molar-refractivity contribution in [1.29, 1.82) is 0 Å². The van der Waals surface area contributed by atoms with Gasteiger partial charge < -0.3 is 10.2 Å². The average molecular weight is 414 g/mol. The van der Waals surface area contributed by atoms with Crippen LogP contribution in [0.2, 0.25) is 5.02 Å². The van der Waals surface area contributed by atoms with E-state index in [9.17, 15) is 9.59 Å². The molecule has 1 aliphatic heterocycles. The van der Waals surface area contributed by atoms with Crippen molar-refractivity contribution in [3.63, 3.8) is 0 Å². The Kier molecular flexibility index (Phi) is 6.11. The van der Waals surface area contributed by atoms with E-state index >= 15 is 0 Å². The first kappa shape index (κ1) is 20.0. The van der Waals surface area contributed by atoms with Gasteiger partial charge in [0.1, 0.15) is 6.04 Å². The molecule has 1 atom stereocenters. The molecule has 2 amide bonds. The maximum absolute atomic E-state index is 13.1. The highest BCUT2D eigenvalue weighted by Crippen LogP contribution is 2.27. The molecule has 1 N–H and O–H groups in total. The van der Waals surface area contributed by atoms with Crippen molar-refractivity contribution in [1.82, 2.24) is 4.90 Å². The molecule has 28 heavy (non-hydrogen) atoms. The van der Waals surface area contributed by atoms with E-state index in [-0.39, 0.29) is 18.2 Å². The fraction of sp³-hybridized carbons (Fsp3) is 0.190. The summed E-state index contributed by atoms with van der Waals surface area (Å²) in [6, 6.07) is 13.7. The van der Waals surface area contributed by atoms with Crippen LogP contribution in [0.5, 0.6) is 0 Å². The second-order valence-electron chi connectivity index (χ2n) is 6.51. The van der Waals surface area contributed by atoms with Crippen molar-refractivity contribution in [2.75, 3.05) is 16.8 Å².